The Morgan fingerprint density at radius 3 is 2.70 bits per heavy atom. The Morgan fingerprint density at radius 2 is 2.15 bits per heavy atom. The maximum absolute atomic E-state index is 13.0. The van der Waals surface area contributed by atoms with Crippen LogP contribution < -0.4 is 0 Å². The minimum absolute atomic E-state index is 0.0343. The topological polar surface area (TPSA) is 70.4 Å². The highest BCUT2D eigenvalue weighted by atomic mass is 79.9. The van der Waals surface area contributed by atoms with Crippen molar-refractivity contribution >= 4 is 26.0 Å². The molecule has 0 aliphatic carbocycles. The van der Waals surface area contributed by atoms with Crippen LogP contribution in [-0.2, 0) is 14.8 Å². The van der Waals surface area contributed by atoms with Crippen LogP contribution in [-0.4, -0.2) is 39.5 Å². The first kappa shape index (κ1) is 17.0. The van der Waals surface area contributed by atoms with Crippen molar-refractivity contribution in [3.63, 3.8) is 0 Å². The number of hydrogen-bond acceptors (Lipinski definition) is 4. The van der Waals surface area contributed by atoms with Gasteiger partial charge in [-0.1, -0.05) is 0 Å². The first-order valence-electron chi connectivity index (χ1n) is 5.74. The molecule has 0 aliphatic rings. The number of ether oxygens (including phenoxy) is 1. The summed E-state index contributed by atoms with van der Waals surface area (Å²) < 4.78 is 44.2. The molecule has 1 rings (SSSR count). The zero-order valence-corrected chi connectivity index (χ0v) is 13.2. The second-order valence-electron chi connectivity index (χ2n) is 3.88. The van der Waals surface area contributed by atoms with Gasteiger partial charge in [0.25, 0.3) is 0 Å². The highest BCUT2D eigenvalue weighted by molar-refractivity contribution is 9.10. The van der Waals surface area contributed by atoms with Crippen LogP contribution in [0.25, 0.3) is 0 Å². The lowest BCUT2D eigenvalue weighted by Crippen LogP contribution is -2.35. The van der Waals surface area contributed by atoms with Gasteiger partial charge in [-0.15, -0.1) is 0 Å². The van der Waals surface area contributed by atoms with Crippen LogP contribution in [0.4, 0.5) is 4.39 Å². The highest BCUT2D eigenvalue weighted by Crippen LogP contribution is 2.25. The molecule has 0 amide bonds. The number of benzene rings is 1. The van der Waals surface area contributed by atoms with E-state index in [0.29, 0.717) is 0 Å². The van der Waals surface area contributed by atoms with Crippen molar-refractivity contribution in [1.29, 1.82) is 5.26 Å². The zero-order chi connectivity index (χ0) is 15.2. The minimum Gasteiger partial charge on any atom is -0.383 e. The van der Waals surface area contributed by atoms with Gasteiger partial charge >= 0.3 is 0 Å². The molecule has 0 fully saturated rings. The first-order valence-corrected chi connectivity index (χ1v) is 7.98. The summed E-state index contributed by atoms with van der Waals surface area (Å²) in [5, 5.41) is 8.61. The fourth-order valence-electron chi connectivity index (χ4n) is 1.54. The van der Waals surface area contributed by atoms with Crippen LogP contribution in [0.3, 0.4) is 0 Å². The molecule has 0 bridgehead atoms. The van der Waals surface area contributed by atoms with Crippen molar-refractivity contribution in [2.45, 2.75) is 11.3 Å². The van der Waals surface area contributed by atoms with Crippen molar-refractivity contribution < 1.29 is 17.5 Å². The summed E-state index contributed by atoms with van der Waals surface area (Å²) in [6.07, 6.45) is 0.0712. The standard InChI is InChI=1S/C12H14BrFN2O3S/c1-19-8-7-16(6-2-5-15)20(17,18)12-4-3-10(14)9-11(12)13/h3-4,9H,2,6-8H2,1H3. The monoisotopic (exact) mass is 364 g/mol. The lowest BCUT2D eigenvalue weighted by molar-refractivity contribution is 0.179. The van der Waals surface area contributed by atoms with Crippen LogP contribution in [0.15, 0.2) is 27.6 Å². The summed E-state index contributed by atoms with van der Waals surface area (Å²) in [5.74, 6) is -0.531. The van der Waals surface area contributed by atoms with Crippen molar-refractivity contribution in [2.75, 3.05) is 26.8 Å². The number of methoxy groups -OCH3 is 1. The smallest absolute Gasteiger partial charge is 0.244 e. The second-order valence-corrected chi connectivity index (χ2v) is 6.64. The largest absolute Gasteiger partial charge is 0.383 e. The van der Waals surface area contributed by atoms with E-state index in [9.17, 15) is 12.8 Å². The van der Waals surface area contributed by atoms with Gasteiger partial charge in [-0.2, -0.15) is 9.57 Å². The molecule has 0 aliphatic heterocycles. The van der Waals surface area contributed by atoms with E-state index in [-0.39, 0.29) is 35.5 Å². The van der Waals surface area contributed by atoms with Crippen LogP contribution >= 0.6 is 15.9 Å². The average molecular weight is 365 g/mol. The maximum Gasteiger partial charge on any atom is 0.244 e. The molecule has 0 atom stereocenters. The molecule has 0 heterocycles. The number of hydrogen-bond donors (Lipinski definition) is 0. The Bertz CT molecular complexity index is 601. The van der Waals surface area contributed by atoms with E-state index in [2.05, 4.69) is 15.9 Å². The zero-order valence-electron chi connectivity index (χ0n) is 10.8. The third-order valence-corrected chi connectivity index (χ3v) is 5.40. The normalized spacial score (nSPS) is 11.6. The summed E-state index contributed by atoms with van der Waals surface area (Å²) >= 11 is 3.05. The third-order valence-electron chi connectivity index (χ3n) is 2.53. The summed E-state index contributed by atoms with van der Waals surface area (Å²) in [4.78, 5) is -0.0343. The Hall–Kier alpha value is -1.01. The Labute approximate surface area is 126 Å². The molecule has 5 nitrogen and oxygen atoms in total. The molecule has 0 spiro atoms. The summed E-state index contributed by atoms with van der Waals surface area (Å²) in [7, 11) is -2.34. The van der Waals surface area contributed by atoms with Crippen molar-refractivity contribution in [1.82, 2.24) is 4.31 Å². The van der Waals surface area contributed by atoms with Crippen molar-refractivity contribution in [3.05, 3.63) is 28.5 Å². The highest BCUT2D eigenvalue weighted by Gasteiger charge is 2.26. The molecule has 0 saturated heterocycles. The number of rotatable bonds is 7. The van der Waals surface area contributed by atoms with Gasteiger partial charge in [0.1, 0.15) is 5.82 Å². The fraction of sp³-hybridized carbons (Fsp3) is 0.417. The van der Waals surface area contributed by atoms with E-state index in [1.807, 2.05) is 6.07 Å². The van der Waals surface area contributed by atoms with Gasteiger partial charge < -0.3 is 4.74 Å². The molecule has 0 aromatic heterocycles. The summed E-state index contributed by atoms with van der Waals surface area (Å²) in [6, 6.07) is 5.27. The van der Waals surface area contributed by atoms with E-state index in [1.54, 1.807) is 0 Å². The van der Waals surface area contributed by atoms with Gasteiger partial charge in [0, 0.05) is 31.1 Å². The van der Waals surface area contributed by atoms with Gasteiger partial charge in [-0.3, -0.25) is 0 Å². The molecule has 1 aromatic carbocycles. The van der Waals surface area contributed by atoms with Gasteiger partial charge in [-0.05, 0) is 34.1 Å². The molecule has 20 heavy (non-hydrogen) atoms. The van der Waals surface area contributed by atoms with Crippen LogP contribution in [0.1, 0.15) is 6.42 Å². The van der Waals surface area contributed by atoms with Crippen LogP contribution in [0.5, 0.6) is 0 Å². The lowest BCUT2D eigenvalue weighted by Gasteiger charge is -2.21. The van der Waals surface area contributed by atoms with Gasteiger partial charge in [0.2, 0.25) is 10.0 Å². The quantitative estimate of drug-likeness (QED) is 0.742. The van der Waals surface area contributed by atoms with Crippen molar-refractivity contribution in [3.8, 4) is 6.07 Å². The van der Waals surface area contributed by atoms with Gasteiger partial charge in [-0.25, -0.2) is 12.8 Å². The van der Waals surface area contributed by atoms with Gasteiger partial charge in [0.15, 0.2) is 0 Å². The lowest BCUT2D eigenvalue weighted by atomic mass is 10.3. The molecule has 0 unspecified atom stereocenters. The van der Waals surface area contributed by atoms with E-state index in [1.165, 1.54) is 13.2 Å². The molecule has 1 aromatic rings. The molecule has 8 heteroatoms. The van der Waals surface area contributed by atoms with E-state index in [4.69, 9.17) is 10.00 Å². The molecule has 0 radical (unpaired) electrons. The van der Waals surface area contributed by atoms with Crippen LogP contribution in [0, 0.1) is 17.1 Å². The summed E-state index contributed by atoms with van der Waals surface area (Å²) in [6.45, 7) is 0.403. The van der Waals surface area contributed by atoms with E-state index >= 15 is 0 Å². The molecular weight excluding hydrogens is 351 g/mol. The maximum atomic E-state index is 13.0. The minimum atomic E-state index is -3.80. The number of nitrogens with zero attached hydrogens (tertiary/aromatic N) is 2. The Kier molecular flexibility index (Phi) is 6.55. The van der Waals surface area contributed by atoms with Gasteiger partial charge in [0.05, 0.1) is 17.6 Å². The number of halogens is 2. The van der Waals surface area contributed by atoms with E-state index in [0.717, 1.165) is 16.4 Å². The predicted molar refractivity (Wildman–Crippen MR) is 75.0 cm³/mol. The summed E-state index contributed by atoms with van der Waals surface area (Å²) in [5.41, 5.74) is 0. The third kappa shape index (κ3) is 4.24. The molecule has 0 saturated carbocycles. The molecule has 0 N–H and O–H groups in total. The van der Waals surface area contributed by atoms with Crippen LogP contribution in [0.2, 0.25) is 0 Å². The Morgan fingerprint density at radius 1 is 1.45 bits per heavy atom. The van der Waals surface area contributed by atoms with E-state index < -0.39 is 15.8 Å². The second kappa shape index (κ2) is 7.69. The first-order chi connectivity index (χ1) is 9.43. The number of sulfonamides is 1. The fourth-order valence-corrected chi connectivity index (χ4v) is 3.98. The van der Waals surface area contributed by atoms with Crippen molar-refractivity contribution in [2.24, 2.45) is 0 Å². The molecule has 110 valence electrons. The SMILES string of the molecule is COCCN(CCC#N)S(=O)(=O)c1ccc(F)cc1Br. The predicted octanol–water partition coefficient (Wildman–Crippen LogP) is 2.14. The molecular formula is C12H14BrFN2O3S. The average Bonchev–Trinajstić information content (AvgIpc) is 2.38. The number of nitriles is 1. The Balaban J connectivity index is 3.11.